The van der Waals surface area contributed by atoms with E-state index in [0.717, 1.165) is 19.3 Å². The van der Waals surface area contributed by atoms with Crippen LogP contribution in [0.1, 0.15) is 78.6 Å². The van der Waals surface area contributed by atoms with Crippen molar-refractivity contribution in [2.75, 3.05) is 13.2 Å². The van der Waals surface area contributed by atoms with Crippen LogP contribution in [-0.4, -0.2) is 31.3 Å². The molecule has 1 amide bonds. The lowest BCUT2D eigenvalue weighted by Gasteiger charge is -2.22. The van der Waals surface area contributed by atoms with Crippen LogP contribution in [0.4, 0.5) is 4.79 Å². The lowest BCUT2D eigenvalue weighted by atomic mass is 9.99. The number of hydrogen-bond acceptors (Lipinski definition) is 4. The summed E-state index contributed by atoms with van der Waals surface area (Å²) in [6, 6.07) is -0.670. The minimum absolute atomic E-state index is 0.0117. The van der Waals surface area contributed by atoms with Crippen molar-refractivity contribution in [2.45, 2.75) is 84.6 Å². The lowest BCUT2D eigenvalue weighted by molar-refractivity contribution is -0.147. The molecule has 2 atom stereocenters. The molecule has 2 unspecified atom stereocenters. The minimum atomic E-state index is -0.670. The number of nitrogens with one attached hydrogen (secondary N) is 1. The third-order valence-corrected chi connectivity index (χ3v) is 4.31. The van der Waals surface area contributed by atoms with Crippen molar-refractivity contribution in [2.24, 2.45) is 5.92 Å². The van der Waals surface area contributed by atoms with Crippen LogP contribution < -0.4 is 5.32 Å². The molecule has 0 aromatic carbocycles. The zero-order valence-electron chi connectivity index (χ0n) is 16.4. The molecule has 0 aliphatic heterocycles. The first-order valence-corrected chi connectivity index (χ1v) is 9.77. The largest absolute Gasteiger partial charge is 0.464 e. The van der Waals surface area contributed by atoms with Gasteiger partial charge in [0.2, 0.25) is 0 Å². The van der Waals surface area contributed by atoms with Gasteiger partial charge in [0, 0.05) is 0 Å². The lowest BCUT2D eigenvalue weighted by Crippen LogP contribution is -2.46. The van der Waals surface area contributed by atoms with Crippen LogP contribution in [0.5, 0.6) is 0 Å². The van der Waals surface area contributed by atoms with Crippen molar-refractivity contribution in [3.05, 3.63) is 12.7 Å². The Morgan fingerprint density at radius 2 is 1.60 bits per heavy atom. The number of amides is 1. The molecule has 0 saturated heterocycles. The Morgan fingerprint density at radius 3 is 2.16 bits per heavy atom. The monoisotopic (exact) mass is 355 g/mol. The summed E-state index contributed by atoms with van der Waals surface area (Å²) in [4.78, 5) is 23.9. The van der Waals surface area contributed by atoms with E-state index in [-0.39, 0.29) is 18.5 Å². The van der Waals surface area contributed by atoms with Gasteiger partial charge in [-0.05, 0) is 12.3 Å². The van der Waals surface area contributed by atoms with Gasteiger partial charge in [-0.3, -0.25) is 0 Å². The van der Waals surface area contributed by atoms with Gasteiger partial charge in [-0.15, -0.1) is 0 Å². The fourth-order valence-electron chi connectivity index (χ4n) is 2.47. The fourth-order valence-corrected chi connectivity index (χ4v) is 2.47. The molecule has 0 rings (SSSR count). The Bertz CT molecular complexity index is 371. The van der Waals surface area contributed by atoms with Gasteiger partial charge < -0.3 is 14.8 Å². The molecule has 0 heterocycles. The normalized spacial score (nSPS) is 12.9. The van der Waals surface area contributed by atoms with Crippen LogP contribution in [0.2, 0.25) is 0 Å². The van der Waals surface area contributed by atoms with E-state index in [1.807, 2.05) is 13.8 Å². The van der Waals surface area contributed by atoms with Gasteiger partial charge in [0.1, 0.15) is 12.6 Å². The van der Waals surface area contributed by atoms with Gasteiger partial charge in [0.25, 0.3) is 0 Å². The number of ether oxygens (including phenoxy) is 2. The van der Waals surface area contributed by atoms with Crippen LogP contribution >= 0.6 is 0 Å². The Morgan fingerprint density at radius 1 is 1.00 bits per heavy atom. The van der Waals surface area contributed by atoms with Gasteiger partial charge in [-0.2, -0.15) is 0 Å². The molecule has 5 nitrogen and oxygen atoms in total. The third-order valence-electron chi connectivity index (χ3n) is 4.31. The van der Waals surface area contributed by atoms with E-state index in [2.05, 4.69) is 18.8 Å². The standard InChI is InChI=1S/C20H37NO4/c1-5-8-9-10-11-12-13-14-16-24-19(22)18(17(4)7-3)21-20(23)25-15-6-2/h6,17-18H,2,5,7-16H2,1,3-4H3,(H,21,23). The second-order valence-electron chi connectivity index (χ2n) is 6.54. The second-order valence-corrected chi connectivity index (χ2v) is 6.54. The van der Waals surface area contributed by atoms with Crippen molar-refractivity contribution < 1.29 is 19.1 Å². The number of unbranched alkanes of at least 4 members (excludes halogenated alkanes) is 7. The van der Waals surface area contributed by atoms with Crippen LogP contribution in [0.15, 0.2) is 12.7 Å². The maximum Gasteiger partial charge on any atom is 0.408 e. The quantitative estimate of drug-likeness (QED) is 0.255. The van der Waals surface area contributed by atoms with Gasteiger partial charge >= 0.3 is 12.1 Å². The highest BCUT2D eigenvalue weighted by Crippen LogP contribution is 2.11. The van der Waals surface area contributed by atoms with E-state index in [9.17, 15) is 9.59 Å². The summed E-state index contributed by atoms with van der Waals surface area (Å²) in [5, 5.41) is 2.60. The highest BCUT2D eigenvalue weighted by atomic mass is 16.6. The van der Waals surface area contributed by atoms with Crippen LogP contribution in [0, 0.1) is 5.92 Å². The fraction of sp³-hybridized carbons (Fsp3) is 0.800. The molecule has 0 bridgehead atoms. The zero-order valence-corrected chi connectivity index (χ0v) is 16.4. The predicted octanol–water partition coefficient (Wildman–Crippen LogP) is 5.00. The number of rotatable bonds is 15. The number of esters is 1. The predicted molar refractivity (Wildman–Crippen MR) is 101 cm³/mol. The molecule has 0 radical (unpaired) electrons. The topological polar surface area (TPSA) is 64.6 Å². The molecule has 0 saturated carbocycles. The maximum atomic E-state index is 12.2. The first-order valence-electron chi connectivity index (χ1n) is 9.77. The Labute approximate surface area is 153 Å². The average molecular weight is 356 g/mol. The maximum absolute atomic E-state index is 12.2. The smallest absolute Gasteiger partial charge is 0.408 e. The van der Waals surface area contributed by atoms with Crippen molar-refractivity contribution in [1.29, 1.82) is 0 Å². The highest BCUT2D eigenvalue weighted by Gasteiger charge is 2.27. The molecule has 0 aromatic heterocycles. The molecule has 1 N–H and O–H groups in total. The number of hydrogen-bond donors (Lipinski definition) is 1. The number of alkyl carbamates (subject to hydrolysis) is 1. The molecule has 0 aliphatic carbocycles. The summed E-state index contributed by atoms with van der Waals surface area (Å²) in [6.45, 7) is 10.1. The van der Waals surface area contributed by atoms with E-state index in [1.165, 1.54) is 44.6 Å². The van der Waals surface area contributed by atoms with E-state index < -0.39 is 12.1 Å². The summed E-state index contributed by atoms with van der Waals surface area (Å²) in [5.74, 6) is -0.393. The van der Waals surface area contributed by atoms with Crippen molar-refractivity contribution >= 4 is 12.1 Å². The summed E-state index contributed by atoms with van der Waals surface area (Å²) in [7, 11) is 0. The molecule has 0 aliphatic rings. The summed E-state index contributed by atoms with van der Waals surface area (Å²) in [6.07, 6.45) is 11.2. The molecule has 5 heteroatoms. The SMILES string of the molecule is C=CCOC(=O)NC(C(=O)OCCCCCCCCCC)C(C)CC. The van der Waals surface area contributed by atoms with E-state index in [0.29, 0.717) is 6.61 Å². The third kappa shape index (κ3) is 12.5. The Hall–Kier alpha value is -1.52. The minimum Gasteiger partial charge on any atom is -0.464 e. The first-order chi connectivity index (χ1) is 12.1. The van der Waals surface area contributed by atoms with Crippen LogP contribution in [0.25, 0.3) is 0 Å². The molecule has 0 aromatic rings. The molecule has 0 fully saturated rings. The van der Waals surface area contributed by atoms with Crippen molar-refractivity contribution in [3.63, 3.8) is 0 Å². The van der Waals surface area contributed by atoms with E-state index in [1.54, 1.807) is 0 Å². The van der Waals surface area contributed by atoms with E-state index in [4.69, 9.17) is 9.47 Å². The number of carbonyl (C=O) groups is 2. The van der Waals surface area contributed by atoms with Crippen molar-refractivity contribution in [1.82, 2.24) is 5.32 Å². The highest BCUT2D eigenvalue weighted by molar-refractivity contribution is 5.81. The number of carbonyl (C=O) groups excluding carboxylic acids is 2. The molecular formula is C20H37NO4. The molecule has 25 heavy (non-hydrogen) atoms. The van der Waals surface area contributed by atoms with Crippen LogP contribution in [0.3, 0.4) is 0 Å². The molecular weight excluding hydrogens is 318 g/mol. The average Bonchev–Trinajstić information content (AvgIpc) is 2.62. The van der Waals surface area contributed by atoms with Crippen LogP contribution in [-0.2, 0) is 14.3 Å². The van der Waals surface area contributed by atoms with Crippen molar-refractivity contribution in [3.8, 4) is 0 Å². The zero-order chi connectivity index (χ0) is 18.9. The van der Waals surface area contributed by atoms with Gasteiger partial charge in [0.05, 0.1) is 6.61 Å². The Kier molecular flexibility index (Phi) is 15.0. The summed E-state index contributed by atoms with van der Waals surface area (Å²) >= 11 is 0. The molecule has 146 valence electrons. The Balaban J connectivity index is 4.02. The molecule has 0 spiro atoms. The second kappa shape index (κ2) is 16.0. The first kappa shape index (κ1) is 23.5. The summed E-state index contributed by atoms with van der Waals surface area (Å²) in [5.41, 5.74) is 0. The summed E-state index contributed by atoms with van der Waals surface area (Å²) < 4.78 is 10.2. The van der Waals surface area contributed by atoms with Gasteiger partial charge in [0.15, 0.2) is 0 Å². The van der Waals surface area contributed by atoms with Gasteiger partial charge in [-0.25, -0.2) is 9.59 Å². The van der Waals surface area contributed by atoms with Gasteiger partial charge in [-0.1, -0.05) is 84.8 Å². The van der Waals surface area contributed by atoms with E-state index >= 15 is 0 Å².